The number of hydrogen-bond acceptors (Lipinski definition) is 2. The molecule has 2 amide bonds. The molecule has 2 aromatic carbocycles. The smallest absolute Gasteiger partial charge is 0.266 e. The minimum atomic E-state index is -0.343. The number of benzene rings is 2. The van der Waals surface area contributed by atoms with Crippen LogP contribution in [0.5, 0.6) is 0 Å². The van der Waals surface area contributed by atoms with Crippen molar-refractivity contribution in [2.45, 2.75) is 6.92 Å². The highest BCUT2D eigenvalue weighted by Gasteiger charge is 2.37. The van der Waals surface area contributed by atoms with E-state index in [0.717, 1.165) is 14.9 Å². The summed E-state index contributed by atoms with van der Waals surface area (Å²) in [4.78, 5) is 26.0. The first-order valence-electron chi connectivity index (χ1n) is 5.93. The van der Waals surface area contributed by atoms with E-state index in [1.54, 1.807) is 30.3 Å². The molecule has 0 aliphatic carbocycles. The van der Waals surface area contributed by atoms with Gasteiger partial charge in [-0.3, -0.25) is 9.59 Å². The van der Waals surface area contributed by atoms with Crippen molar-refractivity contribution in [3.8, 4) is 0 Å². The highest BCUT2D eigenvalue weighted by molar-refractivity contribution is 9.10. The summed E-state index contributed by atoms with van der Waals surface area (Å²) in [6.07, 6.45) is 0. The minimum absolute atomic E-state index is 0.339. The summed E-state index contributed by atoms with van der Waals surface area (Å²) in [6, 6.07) is 10.3. The molecule has 0 N–H and O–H groups in total. The quantitative estimate of drug-likeness (QED) is 0.722. The average molecular weight is 351 g/mol. The number of anilines is 1. The van der Waals surface area contributed by atoms with Crippen LogP contribution in [0.2, 0.25) is 5.02 Å². The van der Waals surface area contributed by atoms with E-state index < -0.39 is 0 Å². The second-order valence-electron chi connectivity index (χ2n) is 4.59. The Labute approximate surface area is 129 Å². The van der Waals surface area contributed by atoms with Crippen LogP contribution in [-0.4, -0.2) is 11.8 Å². The molecule has 20 heavy (non-hydrogen) atoms. The Morgan fingerprint density at radius 1 is 1.00 bits per heavy atom. The van der Waals surface area contributed by atoms with E-state index >= 15 is 0 Å². The molecule has 2 aromatic rings. The predicted octanol–water partition coefficient (Wildman–Crippen LogP) is 4.21. The molecule has 0 aromatic heterocycles. The van der Waals surface area contributed by atoms with Crippen LogP contribution in [0.15, 0.2) is 40.9 Å². The van der Waals surface area contributed by atoms with E-state index in [2.05, 4.69) is 15.9 Å². The SMILES string of the molecule is Cc1ccc2c(c1)C(=O)N(c1cc(Br)ccc1Cl)C2=O. The molecular formula is C15H9BrClNO2. The van der Waals surface area contributed by atoms with E-state index in [9.17, 15) is 9.59 Å². The Hall–Kier alpha value is -1.65. The third kappa shape index (κ3) is 1.96. The maximum Gasteiger partial charge on any atom is 0.266 e. The second kappa shape index (κ2) is 4.72. The van der Waals surface area contributed by atoms with Crippen LogP contribution in [0.4, 0.5) is 5.69 Å². The van der Waals surface area contributed by atoms with Crippen molar-refractivity contribution in [3.63, 3.8) is 0 Å². The highest BCUT2D eigenvalue weighted by Crippen LogP contribution is 2.35. The van der Waals surface area contributed by atoms with Gasteiger partial charge in [-0.25, -0.2) is 4.90 Å². The third-order valence-corrected chi connectivity index (χ3v) is 4.00. The van der Waals surface area contributed by atoms with Crippen LogP contribution >= 0.6 is 27.5 Å². The van der Waals surface area contributed by atoms with Crippen molar-refractivity contribution < 1.29 is 9.59 Å². The molecule has 5 heteroatoms. The molecule has 1 heterocycles. The number of fused-ring (bicyclic) bond motifs is 1. The Morgan fingerprint density at radius 2 is 1.70 bits per heavy atom. The first-order valence-corrected chi connectivity index (χ1v) is 7.10. The van der Waals surface area contributed by atoms with Crippen LogP contribution in [-0.2, 0) is 0 Å². The number of carbonyl (C=O) groups is 2. The molecule has 0 fully saturated rings. The summed E-state index contributed by atoms with van der Waals surface area (Å²) >= 11 is 9.44. The molecule has 1 aliphatic heterocycles. The molecule has 100 valence electrons. The monoisotopic (exact) mass is 349 g/mol. The maximum absolute atomic E-state index is 12.5. The fourth-order valence-electron chi connectivity index (χ4n) is 2.23. The van der Waals surface area contributed by atoms with Crippen molar-refractivity contribution >= 4 is 45.0 Å². The molecule has 3 rings (SSSR count). The molecule has 0 atom stereocenters. The van der Waals surface area contributed by atoms with E-state index in [1.807, 2.05) is 13.0 Å². The zero-order valence-electron chi connectivity index (χ0n) is 10.5. The summed E-state index contributed by atoms with van der Waals surface area (Å²) in [5.41, 5.74) is 2.17. The van der Waals surface area contributed by atoms with Crippen LogP contribution in [0.1, 0.15) is 26.3 Å². The molecule has 0 bridgehead atoms. The first-order chi connectivity index (χ1) is 9.49. The van der Waals surface area contributed by atoms with Crippen molar-refractivity contribution in [2.75, 3.05) is 4.90 Å². The predicted molar refractivity (Wildman–Crippen MR) is 81.5 cm³/mol. The topological polar surface area (TPSA) is 37.4 Å². The summed E-state index contributed by atoms with van der Waals surface area (Å²) in [5.74, 6) is -0.682. The molecule has 1 aliphatic rings. The van der Waals surface area contributed by atoms with Crippen LogP contribution < -0.4 is 4.90 Å². The second-order valence-corrected chi connectivity index (χ2v) is 5.91. The van der Waals surface area contributed by atoms with Gasteiger partial charge in [-0.2, -0.15) is 0 Å². The number of imide groups is 1. The number of amides is 2. The van der Waals surface area contributed by atoms with E-state index in [0.29, 0.717) is 21.8 Å². The normalized spacial score (nSPS) is 13.8. The summed E-state index contributed by atoms with van der Waals surface area (Å²) in [6.45, 7) is 1.88. The minimum Gasteiger partial charge on any atom is -0.268 e. The van der Waals surface area contributed by atoms with Gasteiger partial charge in [-0.05, 0) is 37.3 Å². The third-order valence-electron chi connectivity index (χ3n) is 3.19. The number of aryl methyl sites for hydroxylation is 1. The number of carbonyl (C=O) groups excluding carboxylic acids is 2. The largest absolute Gasteiger partial charge is 0.268 e. The zero-order valence-corrected chi connectivity index (χ0v) is 12.8. The Bertz CT molecular complexity index is 758. The molecule has 0 unspecified atom stereocenters. The van der Waals surface area contributed by atoms with E-state index in [1.165, 1.54) is 0 Å². The standard InChI is InChI=1S/C15H9BrClNO2/c1-8-2-4-10-11(6-8)15(20)18(14(10)19)13-7-9(16)3-5-12(13)17/h2-7H,1H3. The Morgan fingerprint density at radius 3 is 2.45 bits per heavy atom. The molecule has 0 saturated heterocycles. The van der Waals surface area contributed by atoms with Crippen molar-refractivity contribution in [3.05, 3.63) is 62.6 Å². The summed E-state index contributed by atoms with van der Waals surface area (Å²) in [5, 5.41) is 0.361. The number of nitrogens with zero attached hydrogens (tertiary/aromatic N) is 1. The number of hydrogen-bond donors (Lipinski definition) is 0. The highest BCUT2D eigenvalue weighted by atomic mass is 79.9. The van der Waals surface area contributed by atoms with Crippen molar-refractivity contribution in [2.24, 2.45) is 0 Å². The van der Waals surface area contributed by atoms with Gasteiger partial charge in [-0.15, -0.1) is 0 Å². The van der Waals surface area contributed by atoms with Gasteiger partial charge < -0.3 is 0 Å². The van der Waals surface area contributed by atoms with Gasteiger partial charge in [0.15, 0.2) is 0 Å². The van der Waals surface area contributed by atoms with Crippen molar-refractivity contribution in [1.29, 1.82) is 0 Å². The molecular weight excluding hydrogens is 342 g/mol. The fourth-order valence-corrected chi connectivity index (χ4v) is 2.78. The lowest BCUT2D eigenvalue weighted by Gasteiger charge is -2.15. The molecule has 0 saturated carbocycles. The first kappa shape index (κ1) is 13.3. The van der Waals surface area contributed by atoms with Gasteiger partial charge in [0, 0.05) is 4.47 Å². The number of rotatable bonds is 1. The van der Waals surface area contributed by atoms with E-state index in [-0.39, 0.29) is 11.8 Å². The van der Waals surface area contributed by atoms with Gasteiger partial charge in [0.25, 0.3) is 11.8 Å². The van der Waals surface area contributed by atoms with Gasteiger partial charge >= 0.3 is 0 Å². The molecule has 3 nitrogen and oxygen atoms in total. The average Bonchev–Trinajstić information content (AvgIpc) is 2.65. The Balaban J connectivity index is 2.16. The lowest BCUT2D eigenvalue weighted by atomic mass is 10.1. The Kier molecular flexibility index (Phi) is 3.15. The van der Waals surface area contributed by atoms with Gasteiger partial charge in [0.2, 0.25) is 0 Å². The van der Waals surface area contributed by atoms with Gasteiger partial charge in [-0.1, -0.05) is 39.2 Å². The van der Waals surface area contributed by atoms with Crippen LogP contribution in [0.3, 0.4) is 0 Å². The zero-order chi connectivity index (χ0) is 14.4. The van der Waals surface area contributed by atoms with Crippen molar-refractivity contribution in [1.82, 2.24) is 0 Å². The van der Waals surface area contributed by atoms with Crippen LogP contribution in [0.25, 0.3) is 0 Å². The number of halogens is 2. The van der Waals surface area contributed by atoms with Gasteiger partial charge in [0.1, 0.15) is 0 Å². The fraction of sp³-hybridized carbons (Fsp3) is 0.0667. The lowest BCUT2D eigenvalue weighted by Crippen LogP contribution is -2.29. The molecule has 0 spiro atoms. The molecule has 0 radical (unpaired) electrons. The van der Waals surface area contributed by atoms with Crippen LogP contribution in [0, 0.1) is 6.92 Å². The summed E-state index contributed by atoms with van der Waals surface area (Å²) < 4.78 is 0.754. The summed E-state index contributed by atoms with van der Waals surface area (Å²) in [7, 11) is 0. The van der Waals surface area contributed by atoms with Gasteiger partial charge in [0.05, 0.1) is 21.8 Å². The maximum atomic E-state index is 12.5. The van der Waals surface area contributed by atoms with E-state index in [4.69, 9.17) is 11.6 Å². The lowest BCUT2D eigenvalue weighted by molar-refractivity contribution is 0.0926.